The molecule has 0 unspecified atom stereocenters. The van der Waals surface area contributed by atoms with Crippen molar-refractivity contribution in [2.75, 3.05) is 21.3 Å². The number of rotatable bonds is 5. The molecule has 0 aliphatic heterocycles. The van der Waals surface area contributed by atoms with Gasteiger partial charge in [-0.15, -0.1) is 0 Å². The predicted molar refractivity (Wildman–Crippen MR) is 68.1 cm³/mol. The van der Waals surface area contributed by atoms with Crippen LogP contribution in [0.4, 0.5) is 0 Å². The van der Waals surface area contributed by atoms with E-state index in [0.29, 0.717) is 23.0 Å². The Labute approximate surface area is 105 Å². The third-order valence-electron chi connectivity index (χ3n) is 2.24. The Morgan fingerprint density at radius 2 is 1.65 bits per heavy atom. The Balaban J connectivity index is 3.10. The molecule has 0 amide bonds. The number of hydrogen-bond acceptors (Lipinski definition) is 5. The summed E-state index contributed by atoms with van der Waals surface area (Å²) < 4.78 is 15.7. The topological polar surface area (TPSA) is 44.8 Å². The maximum Gasteiger partial charge on any atom is 0.186 e. The molecule has 0 aromatic heterocycles. The van der Waals surface area contributed by atoms with Crippen LogP contribution in [0.1, 0.15) is 12.5 Å². The Kier molecular flexibility index (Phi) is 5.15. The summed E-state index contributed by atoms with van der Waals surface area (Å²) in [7, 11) is 4.74. The molecule has 5 heteroatoms. The van der Waals surface area contributed by atoms with Crippen LogP contribution >= 0.6 is 11.8 Å². The molecule has 0 fully saturated rings. The van der Waals surface area contributed by atoms with Crippen molar-refractivity contribution in [1.29, 1.82) is 0 Å². The molecule has 0 saturated carbocycles. The molecule has 1 rings (SSSR count). The summed E-state index contributed by atoms with van der Waals surface area (Å²) in [5.41, 5.74) is 0.857. The molecule has 0 spiro atoms. The number of carbonyl (C=O) groups is 1. The molecule has 94 valence electrons. The van der Waals surface area contributed by atoms with Gasteiger partial charge in [0.2, 0.25) is 0 Å². The van der Waals surface area contributed by atoms with Crippen molar-refractivity contribution < 1.29 is 19.0 Å². The molecule has 4 nitrogen and oxygen atoms in total. The number of methoxy groups -OCH3 is 3. The number of thioether (sulfide) groups is 1. The number of carbonyl (C=O) groups excluding carboxylic acids is 1. The molecular formula is C12H16O4S. The fourth-order valence-electron chi connectivity index (χ4n) is 1.39. The standard InChI is InChI=1S/C12H16O4S/c1-8(13)17-7-10-11(15-3)5-9(14-2)6-12(10)16-4/h5-6H,7H2,1-4H3. The van der Waals surface area contributed by atoms with E-state index in [1.807, 2.05) is 0 Å². The largest absolute Gasteiger partial charge is 0.496 e. The van der Waals surface area contributed by atoms with E-state index in [4.69, 9.17) is 14.2 Å². The highest BCUT2D eigenvalue weighted by Crippen LogP contribution is 2.36. The van der Waals surface area contributed by atoms with Crippen LogP contribution in [0.2, 0.25) is 0 Å². The maximum absolute atomic E-state index is 11.0. The molecule has 0 atom stereocenters. The third-order valence-corrected chi connectivity index (χ3v) is 3.08. The SMILES string of the molecule is COc1cc(OC)c(CSC(C)=O)c(OC)c1. The minimum absolute atomic E-state index is 0.0601. The zero-order valence-corrected chi connectivity index (χ0v) is 11.2. The summed E-state index contributed by atoms with van der Waals surface area (Å²) in [6.07, 6.45) is 0. The Morgan fingerprint density at radius 1 is 1.12 bits per heavy atom. The lowest BCUT2D eigenvalue weighted by Crippen LogP contribution is -1.98. The lowest BCUT2D eigenvalue weighted by atomic mass is 10.2. The monoisotopic (exact) mass is 256 g/mol. The van der Waals surface area contributed by atoms with Crippen LogP contribution < -0.4 is 14.2 Å². The summed E-state index contributed by atoms with van der Waals surface area (Å²) in [4.78, 5) is 11.0. The number of ether oxygens (including phenoxy) is 3. The van der Waals surface area contributed by atoms with Gasteiger partial charge in [-0.3, -0.25) is 4.79 Å². The highest BCUT2D eigenvalue weighted by Gasteiger charge is 2.13. The number of benzene rings is 1. The molecule has 1 aromatic carbocycles. The molecule has 0 aliphatic rings. The first kappa shape index (κ1) is 13.7. The molecule has 0 aliphatic carbocycles. The maximum atomic E-state index is 11.0. The van der Waals surface area contributed by atoms with Crippen molar-refractivity contribution in [3.8, 4) is 17.2 Å². The first-order valence-corrected chi connectivity index (χ1v) is 6.03. The first-order chi connectivity index (χ1) is 8.12. The second-order valence-corrected chi connectivity index (χ2v) is 4.44. The van der Waals surface area contributed by atoms with Gasteiger partial charge < -0.3 is 14.2 Å². The minimum Gasteiger partial charge on any atom is -0.496 e. The highest BCUT2D eigenvalue weighted by molar-refractivity contribution is 8.12. The molecule has 0 N–H and O–H groups in total. The van der Waals surface area contributed by atoms with Crippen LogP contribution in [-0.2, 0) is 10.5 Å². The molecule has 1 aromatic rings. The van der Waals surface area contributed by atoms with Crippen LogP contribution in [0.15, 0.2) is 12.1 Å². The minimum atomic E-state index is 0.0601. The van der Waals surface area contributed by atoms with Crippen LogP contribution in [0.5, 0.6) is 17.2 Å². The Bertz CT molecular complexity index is 378. The average molecular weight is 256 g/mol. The normalized spacial score (nSPS) is 9.88. The van der Waals surface area contributed by atoms with Crippen LogP contribution in [0.3, 0.4) is 0 Å². The molecule has 17 heavy (non-hydrogen) atoms. The Hall–Kier alpha value is -1.36. The van der Waals surface area contributed by atoms with Gasteiger partial charge in [-0.05, 0) is 0 Å². The van der Waals surface area contributed by atoms with Crippen LogP contribution in [-0.4, -0.2) is 26.4 Å². The smallest absolute Gasteiger partial charge is 0.186 e. The van der Waals surface area contributed by atoms with Gasteiger partial charge in [-0.25, -0.2) is 0 Å². The first-order valence-electron chi connectivity index (χ1n) is 5.04. The summed E-state index contributed by atoms with van der Waals surface area (Å²) in [5, 5.41) is 0.0601. The van der Waals surface area contributed by atoms with E-state index in [9.17, 15) is 4.79 Å². The van der Waals surface area contributed by atoms with Gasteiger partial charge in [0.25, 0.3) is 0 Å². The highest BCUT2D eigenvalue weighted by atomic mass is 32.2. The lowest BCUT2D eigenvalue weighted by molar-refractivity contribution is -0.109. The fourth-order valence-corrected chi connectivity index (χ4v) is 2.03. The van der Waals surface area contributed by atoms with Crippen molar-refractivity contribution in [3.05, 3.63) is 17.7 Å². The zero-order chi connectivity index (χ0) is 12.8. The van der Waals surface area contributed by atoms with Gasteiger partial charge in [0, 0.05) is 30.4 Å². The second-order valence-electron chi connectivity index (χ2n) is 3.29. The summed E-state index contributed by atoms with van der Waals surface area (Å²) in [6.45, 7) is 1.53. The second kappa shape index (κ2) is 6.39. The fraction of sp³-hybridized carbons (Fsp3) is 0.417. The molecule has 0 bridgehead atoms. The molecule has 0 saturated heterocycles. The van der Waals surface area contributed by atoms with E-state index in [1.165, 1.54) is 18.7 Å². The molecule has 0 heterocycles. The van der Waals surface area contributed by atoms with Gasteiger partial charge in [0.15, 0.2) is 5.12 Å². The van der Waals surface area contributed by atoms with E-state index >= 15 is 0 Å². The van der Waals surface area contributed by atoms with Crippen molar-refractivity contribution >= 4 is 16.9 Å². The molecule has 0 radical (unpaired) electrons. The van der Waals surface area contributed by atoms with Gasteiger partial charge in [-0.2, -0.15) is 0 Å². The van der Waals surface area contributed by atoms with Crippen LogP contribution in [0.25, 0.3) is 0 Å². The van der Waals surface area contributed by atoms with Gasteiger partial charge in [-0.1, -0.05) is 11.8 Å². The van der Waals surface area contributed by atoms with Crippen LogP contribution in [0, 0.1) is 0 Å². The zero-order valence-electron chi connectivity index (χ0n) is 10.4. The van der Waals surface area contributed by atoms with E-state index in [1.54, 1.807) is 33.5 Å². The quantitative estimate of drug-likeness (QED) is 0.810. The van der Waals surface area contributed by atoms with Crippen molar-refractivity contribution in [3.63, 3.8) is 0 Å². The summed E-state index contributed by atoms with van der Waals surface area (Å²) in [5.74, 6) is 2.51. The van der Waals surface area contributed by atoms with Crippen molar-refractivity contribution in [2.45, 2.75) is 12.7 Å². The molecular weight excluding hydrogens is 240 g/mol. The van der Waals surface area contributed by atoms with Gasteiger partial charge in [0.1, 0.15) is 17.2 Å². The van der Waals surface area contributed by atoms with E-state index in [-0.39, 0.29) is 5.12 Å². The third kappa shape index (κ3) is 3.56. The average Bonchev–Trinajstić information content (AvgIpc) is 2.34. The lowest BCUT2D eigenvalue weighted by Gasteiger charge is -2.14. The van der Waals surface area contributed by atoms with Gasteiger partial charge in [0.05, 0.1) is 21.3 Å². The predicted octanol–water partition coefficient (Wildman–Crippen LogP) is 2.49. The summed E-state index contributed by atoms with van der Waals surface area (Å²) in [6, 6.07) is 3.55. The summed E-state index contributed by atoms with van der Waals surface area (Å²) >= 11 is 1.22. The number of hydrogen-bond donors (Lipinski definition) is 0. The Morgan fingerprint density at radius 3 is 2.00 bits per heavy atom. The van der Waals surface area contributed by atoms with Gasteiger partial charge >= 0.3 is 0 Å². The van der Waals surface area contributed by atoms with E-state index in [2.05, 4.69) is 0 Å². The van der Waals surface area contributed by atoms with E-state index in [0.717, 1.165) is 5.56 Å². The van der Waals surface area contributed by atoms with Crippen molar-refractivity contribution in [1.82, 2.24) is 0 Å². The van der Waals surface area contributed by atoms with E-state index < -0.39 is 0 Å². The van der Waals surface area contributed by atoms with Crippen molar-refractivity contribution in [2.24, 2.45) is 0 Å².